The average Bonchev–Trinajstić information content (AvgIpc) is 3.68. The Labute approximate surface area is 241 Å². The van der Waals surface area contributed by atoms with Crippen LogP contribution in [0.1, 0.15) is 5.56 Å². The molecule has 0 radical (unpaired) electrons. The maximum Gasteiger partial charge on any atom is 0.197 e. The van der Waals surface area contributed by atoms with Crippen molar-refractivity contribution in [2.24, 2.45) is 0 Å². The number of hydrogen-bond acceptors (Lipinski definition) is 1. The highest BCUT2D eigenvalue weighted by Gasteiger charge is 2.20. The third-order valence-electron chi connectivity index (χ3n) is 8.58. The Bertz CT molecular complexity index is 2600. The lowest BCUT2D eigenvalue weighted by atomic mass is 10.1. The highest BCUT2D eigenvalue weighted by Crippen LogP contribution is 2.41. The van der Waals surface area contributed by atoms with E-state index in [0.29, 0.717) is 5.69 Å². The molecule has 6 aromatic carbocycles. The molecule has 3 heterocycles. The van der Waals surface area contributed by atoms with Gasteiger partial charge in [0, 0.05) is 38.1 Å². The quantitative estimate of drug-likeness (QED) is 0.202. The number of aromatic nitrogens is 2. The molecule has 0 bridgehead atoms. The van der Waals surface area contributed by atoms with Gasteiger partial charge in [-0.1, -0.05) is 72.3 Å². The van der Waals surface area contributed by atoms with Gasteiger partial charge in [-0.3, -0.25) is 0 Å². The molecule has 0 amide bonds. The second-order valence-electron chi connectivity index (χ2n) is 10.9. The lowest BCUT2D eigenvalue weighted by Gasteiger charge is -2.11. The minimum atomic E-state index is 0.675. The van der Waals surface area contributed by atoms with Crippen molar-refractivity contribution in [3.63, 3.8) is 0 Å². The van der Waals surface area contributed by atoms with Crippen molar-refractivity contribution < 1.29 is 4.42 Å². The Balaban J connectivity index is 1.37. The van der Waals surface area contributed by atoms with E-state index in [1.165, 1.54) is 16.3 Å². The van der Waals surface area contributed by atoms with Gasteiger partial charge < -0.3 is 13.6 Å². The van der Waals surface area contributed by atoms with E-state index in [4.69, 9.17) is 11.0 Å². The Morgan fingerprint density at radius 3 is 2.14 bits per heavy atom. The fraction of sp³-hybridized carbons (Fsp3) is 0.0263. The van der Waals surface area contributed by atoms with Crippen LogP contribution in [0, 0.1) is 13.5 Å². The number of hydrogen-bond donors (Lipinski definition) is 0. The molecule has 42 heavy (non-hydrogen) atoms. The molecule has 0 N–H and O–H groups in total. The number of nitrogens with zero attached hydrogens (tertiary/aromatic N) is 3. The second kappa shape index (κ2) is 8.36. The zero-order valence-corrected chi connectivity index (χ0v) is 22.8. The van der Waals surface area contributed by atoms with Gasteiger partial charge in [0.25, 0.3) is 0 Å². The molecule has 4 heteroatoms. The van der Waals surface area contributed by atoms with E-state index in [1.807, 2.05) is 18.2 Å². The van der Waals surface area contributed by atoms with Crippen LogP contribution in [0.5, 0.6) is 0 Å². The van der Waals surface area contributed by atoms with Gasteiger partial charge in [-0.05, 0) is 66.9 Å². The summed E-state index contributed by atoms with van der Waals surface area (Å²) in [5.41, 5.74) is 10.1. The van der Waals surface area contributed by atoms with Gasteiger partial charge >= 0.3 is 0 Å². The third-order valence-corrected chi connectivity index (χ3v) is 8.58. The monoisotopic (exact) mass is 537 g/mol. The minimum absolute atomic E-state index is 0.675. The summed E-state index contributed by atoms with van der Waals surface area (Å²) >= 11 is 0. The first-order valence-corrected chi connectivity index (χ1v) is 14.1. The van der Waals surface area contributed by atoms with Crippen molar-refractivity contribution in [2.75, 3.05) is 0 Å². The van der Waals surface area contributed by atoms with Crippen LogP contribution in [0.25, 0.3) is 81.8 Å². The van der Waals surface area contributed by atoms with Crippen molar-refractivity contribution in [3.05, 3.63) is 138 Å². The molecule has 9 aromatic rings. The number of rotatable bonds is 2. The first-order valence-electron chi connectivity index (χ1n) is 14.1. The van der Waals surface area contributed by atoms with Gasteiger partial charge in [0.2, 0.25) is 0 Å². The van der Waals surface area contributed by atoms with E-state index >= 15 is 0 Å². The molecule has 4 nitrogen and oxygen atoms in total. The highest BCUT2D eigenvalue weighted by molar-refractivity contribution is 6.16. The van der Waals surface area contributed by atoms with E-state index in [0.717, 1.165) is 66.2 Å². The molecule has 0 saturated heterocycles. The Morgan fingerprint density at radius 1 is 0.571 bits per heavy atom. The molecular weight excluding hydrogens is 514 g/mol. The van der Waals surface area contributed by atoms with E-state index in [-0.39, 0.29) is 0 Å². The van der Waals surface area contributed by atoms with Crippen molar-refractivity contribution in [2.45, 2.75) is 6.92 Å². The normalized spacial score (nSPS) is 11.9. The molecule has 196 valence electrons. The van der Waals surface area contributed by atoms with Crippen LogP contribution in [0.4, 0.5) is 5.69 Å². The van der Waals surface area contributed by atoms with Gasteiger partial charge in [0.05, 0.1) is 28.8 Å². The zero-order valence-electron chi connectivity index (χ0n) is 22.8. The van der Waals surface area contributed by atoms with Gasteiger partial charge in [-0.25, -0.2) is 4.85 Å². The SMILES string of the molecule is [C-]#[N+]c1cccc2c1c1ccccc1n2-c1ccc2c(c1)c1ccccc1n2-c1cccc2c1oc1ccc(C)cc12. The number of benzene rings is 6. The van der Waals surface area contributed by atoms with Crippen LogP contribution in [-0.4, -0.2) is 9.13 Å². The van der Waals surface area contributed by atoms with Gasteiger partial charge in [0.15, 0.2) is 11.3 Å². The molecule has 0 aliphatic rings. The van der Waals surface area contributed by atoms with Crippen LogP contribution < -0.4 is 0 Å². The number of furan rings is 1. The smallest absolute Gasteiger partial charge is 0.197 e. The van der Waals surface area contributed by atoms with Crippen molar-refractivity contribution >= 4 is 71.2 Å². The van der Waals surface area contributed by atoms with E-state index in [2.05, 4.69) is 124 Å². The Morgan fingerprint density at radius 2 is 1.29 bits per heavy atom. The largest absolute Gasteiger partial charge is 0.454 e. The summed E-state index contributed by atoms with van der Waals surface area (Å²) in [5, 5.41) is 6.70. The lowest BCUT2D eigenvalue weighted by molar-refractivity contribution is 0.666. The van der Waals surface area contributed by atoms with Crippen molar-refractivity contribution in [1.29, 1.82) is 0 Å². The molecule has 0 fully saturated rings. The Kier molecular flexibility index (Phi) is 4.57. The number of fused-ring (bicyclic) bond motifs is 9. The standard InChI is InChI=1S/C38H23N3O/c1-23-17-20-36-29(21-23)26-11-7-16-35(38(26)42-36)41-31-13-5-3-9-25(31)28-22-24(18-19-33(28)41)40-32-14-6-4-10-27(32)37-30(39-2)12-8-15-34(37)40/h3-22H,1H3. The second-order valence-corrected chi connectivity index (χ2v) is 10.9. The fourth-order valence-electron chi connectivity index (χ4n) is 6.80. The summed E-state index contributed by atoms with van der Waals surface area (Å²) in [6.07, 6.45) is 0. The number of para-hydroxylation sites is 3. The topological polar surface area (TPSA) is 27.4 Å². The van der Waals surface area contributed by atoms with Crippen LogP contribution in [0.2, 0.25) is 0 Å². The number of aryl methyl sites for hydroxylation is 1. The summed E-state index contributed by atoms with van der Waals surface area (Å²) < 4.78 is 11.1. The highest BCUT2D eigenvalue weighted by atomic mass is 16.3. The van der Waals surface area contributed by atoms with E-state index in [1.54, 1.807) is 0 Å². The first-order chi connectivity index (χ1) is 20.7. The first kappa shape index (κ1) is 23.0. The predicted octanol–water partition coefficient (Wildman–Crippen LogP) is 10.6. The van der Waals surface area contributed by atoms with Gasteiger partial charge in [0.1, 0.15) is 5.58 Å². The Hall–Kier alpha value is -5.79. The van der Waals surface area contributed by atoms with Crippen LogP contribution in [0.15, 0.2) is 126 Å². The molecule has 0 aliphatic heterocycles. The molecule has 0 aliphatic carbocycles. The maximum absolute atomic E-state index is 7.81. The minimum Gasteiger partial charge on any atom is -0.454 e. The fourth-order valence-corrected chi connectivity index (χ4v) is 6.80. The third kappa shape index (κ3) is 3.00. The molecular formula is C38H23N3O. The zero-order chi connectivity index (χ0) is 27.9. The average molecular weight is 538 g/mol. The summed E-state index contributed by atoms with van der Waals surface area (Å²) in [4.78, 5) is 3.85. The van der Waals surface area contributed by atoms with Crippen molar-refractivity contribution in [1.82, 2.24) is 9.13 Å². The maximum atomic E-state index is 7.81. The molecule has 3 aromatic heterocycles. The lowest BCUT2D eigenvalue weighted by Crippen LogP contribution is -1.96. The van der Waals surface area contributed by atoms with Crippen LogP contribution >= 0.6 is 0 Å². The summed E-state index contributed by atoms with van der Waals surface area (Å²) in [7, 11) is 0. The van der Waals surface area contributed by atoms with Crippen molar-refractivity contribution in [3.8, 4) is 11.4 Å². The van der Waals surface area contributed by atoms with E-state index in [9.17, 15) is 0 Å². The van der Waals surface area contributed by atoms with E-state index < -0.39 is 0 Å². The van der Waals surface area contributed by atoms with Crippen LogP contribution in [0.3, 0.4) is 0 Å². The summed E-state index contributed by atoms with van der Waals surface area (Å²) in [6, 6.07) is 42.4. The molecule has 9 rings (SSSR count). The summed E-state index contributed by atoms with van der Waals surface area (Å²) in [6.45, 7) is 9.92. The molecule has 0 saturated carbocycles. The predicted molar refractivity (Wildman–Crippen MR) is 173 cm³/mol. The summed E-state index contributed by atoms with van der Waals surface area (Å²) in [5.74, 6) is 0. The molecule has 0 spiro atoms. The molecule has 0 atom stereocenters. The molecule has 0 unspecified atom stereocenters. The van der Waals surface area contributed by atoms with Crippen LogP contribution in [-0.2, 0) is 0 Å². The van der Waals surface area contributed by atoms with Gasteiger partial charge in [-0.2, -0.15) is 0 Å². The van der Waals surface area contributed by atoms with Gasteiger partial charge in [-0.15, -0.1) is 0 Å².